The van der Waals surface area contributed by atoms with Crippen molar-refractivity contribution in [2.24, 2.45) is 0 Å². The molecule has 0 saturated heterocycles. The van der Waals surface area contributed by atoms with Gasteiger partial charge in [0.25, 0.3) is 0 Å². The first-order chi connectivity index (χ1) is 18.7. The second-order valence-corrected chi connectivity index (χ2v) is 13.0. The van der Waals surface area contributed by atoms with Gasteiger partial charge >= 0.3 is 21.3 Å². The fraction of sp³-hybridized carbons (Fsp3) is 0.542. The molecule has 16 heteroatoms. The number of carbonyl (C=O) groups excluding carboxylic acids is 2. The molecular weight excluding hydrogens is 569 g/mol. The van der Waals surface area contributed by atoms with E-state index in [1.165, 1.54) is 29.3 Å². The quantitative estimate of drug-likeness (QED) is 0.148. The normalized spacial score (nSPS) is 13.1. The SMILES string of the molecule is CCN(CC)CCCC(C)N(C(=O)OCCCC(=O)NC(P(=O)(O)O)P(=O)(O)O)c1ccnc2cc(F)ccc12. The molecule has 0 saturated carbocycles. The molecule has 0 fully saturated rings. The van der Waals surface area contributed by atoms with E-state index >= 15 is 0 Å². The Bertz CT molecular complexity index is 1230. The van der Waals surface area contributed by atoms with Crippen LogP contribution in [0.5, 0.6) is 0 Å². The molecule has 0 aliphatic rings. The summed E-state index contributed by atoms with van der Waals surface area (Å²) in [6, 6.07) is 5.35. The molecular formula is C24H37FN4O9P2. The lowest BCUT2D eigenvalue weighted by atomic mass is 10.1. The average molecular weight is 607 g/mol. The number of benzene rings is 1. The molecule has 0 aliphatic heterocycles. The number of pyridine rings is 1. The fourth-order valence-corrected chi connectivity index (χ4v) is 6.35. The topological polar surface area (TPSA) is 190 Å². The number of hydrogen-bond donors (Lipinski definition) is 5. The largest absolute Gasteiger partial charge is 0.449 e. The zero-order valence-corrected chi connectivity index (χ0v) is 24.4. The van der Waals surface area contributed by atoms with Gasteiger partial charge in [-0.15, -0.1) is 0 Å². The summed E-state index contributed by atoms with van der Waals surface area (Å²) in [6.45, 7) is 8.36. The van der Waals surface area contributed by atoms with Crippen LogP contribution in [0.4, 0.5) is 14.9 Å². The zero-order chi connectivity index (χ0) is 30.1. The molecule has 1 aromatic heterocycles. The summed E-state index contributed by atoms with van der Waals surface area (Å²) in [5.41, 5.74) is -1.84. The van der Waals surface area contributed by atoms with Crippen LogP contribution < -0.4 is 10.2 Å². The molecule has 224 valence electrons. The molecule has 1 unspecified atom stereocenters. The van der Waals surface area contributed by atoms with Crippen LogP contribution in [-0.4, -0.2) is 79.3 Å². The predicted octanol–water partition coefficient (Wildman–Crippen LogP) is 3.36. The first kappa shape index (κ1) is 33.8. The van der Waals surface area contributed by atoms with Gasteiger partial charge in [0.05, 0.1) is 17.8 Å². The molecule has 13 nitrogen and oxygen atoms in total. The van der Waals surface area contributed by atoms with E-state index in [9.17, 15) is 23.1 Å². The Morgan fingerprint density at radius 1 is 1.07 bits per heavy atom. The standard InChI is InChI=1S/C24H37FN4O9P2/c1-4-28(5-2)14-6-8-17(3)29(21-12-13-26-20-16-18(25)10-11-19(20)21)24(31)38-15-7-9-22(30)27-23(39(32,33)34)40(35,36)37/h10-13,16-17,23H,4-9,14-15H2,1-3H3,(H,27,30)(H2,32,33,34)(H2,35,36,37). The zero-order valence-electron chi connectivity index (χ0n) is 22.6. The van der Waals surface area contributed by atoms with Gasteiger partial charge in [0, 0.05) is 30.1 Å². The Labute approximate surface area is 232 Å². The first-order valence-electron chi connectivity index (χ1n) is 12.8. The van der Waals surface area contributed by atoms with Crippen molar-refractivity contribution in [3.05, 3.63) is 36.3 Å². The monoisotopic (exact) mass is 606 g/mol. The van der Waals surface area contributed by atoms with Gasteiger partial charge in [-0.3, -0.25) is 23.8 Å². The van der Waals surface area contributed by atoms with Crippen LogP contribution in [0, 0.1) is 5.82 Å². The molecule has 2 rings (SSSR count). The highest BCUT2D eigenvalue weighted by atomic mass is 31.2. The number of halogens is 1. The van der Waals surface area contributed by atoms with Gasteiger partial charge < -0.3 is 34.5 Å². The van der Waals surface area contributed by atoms with Crippen molar-refractivity contribution >= 4 is 43.8 Å². The molecule has 1 heterocycles. The number of nitrogens with one attached hydrogen (secondary N) is 1. The van der Waals surface area contributed by atoms with Gasteiger partial charge in [-0.05, 0) is 64.0 Å². The number of fused-ring (bicyclic) bond motifs is 1. The van der Waals surface area contributed by atoms with E-state index in [1.54, 1.807) is 11.4 Å². The van der Waals surface area contributed by atoms with E-state index in [0.29, 0.717) is 23.0 Å². The number of ether oxygens (including phenoxy) is 1. The van der Waals surface area contributed by atoms with Gasteiger partial charge in [-0.2, -0.15) is 0 Å². The molecule has 40 heavy (non-hydrogen) atoms. The summed E-state index contributed by atoms with van der Waals surface area (Å²) in [5, 5.41) is 2.20. The number of anilines is 1. The highest BCUT2D eigenvalue weighted by Gasteiger charge is 2.44. The fourth-order valence-electron chi connectivity index (χ4n) is 4.15. The van der Waals surface area contributed by atoms with Crippen molar-refractivity contribution in [3.8, 4) is 0 Å². The smallest absolute Gasteiger partial charge is 0.414 e. The Kier molecular flexibility index (Phi) is 12.6. The van der Waals surface area contributed by atoms with Gasteiger partial charge in [0.15, 0.2) is 0 Å². The number of aromatic nitrogens is 1. The van der Waals surface area contributed by atoms with E-state index in [1.807, 2.05) is 6.92 Å². The van der Waals surface area contributed by atoms with Crippen molar-refractivity contribution in [1.82, 2.24) is 15.2 Å². The molecule has 5 N–H and O–H groups in total. The van der Waals surface area contributed by atoms with Crippen molar-refractivity contribution in [2.45, 2.75) is 58.0 Å². The number of nitrogens with zero attached hydrogens (tertiary/aromatic N) is 3. The maximum Gasteiger partial charge on any atom is 0.414 e. The van der Waals surface area contributed by atoms with Crippen LogP contribution in [0.1, 0.15) is 46.5 Å². The lowest BCUT2D eigenvalue weighted by molar-refractivity contribution is -0.121. The minimum atomic E-state index is -5.33. The molecule has 0 bridgehead atoms. The Morgan fingerprint density at radius 3 is 2.33 bits per heavy atom. The van der Waals surface area contributed by atoms with Crippen LogP contribution >= 0.6 is 15.2 Å². The summed E-state index contributed by atoms with van der Waals surface area (Å²) in [4.78, 5) is 69.8. The number of rotatable bonds is 15. The van der Waals surface area contributed by atoms with Gasteiger partial charge in [0.1, 0.15) is 5.82 Å². The van der Waals surface area contributed by atoms with E-state index in [0.717, 1.165) is 26.1 Å². The van der Waals surface area contributed by atoms with Crippen molar-refractivity contribution in [3.63, 3.8) is 0 Å². The average Bonchev–Trinajstić information content (AvgIpc) is 2.86. The van der Waals surface area contributed by atoms with Gasteiger partial charge in [-0.1, -0.05) is 13.8 Å². The van der Waals surface area contributed by atoms with Crippen molar-refractivity contribution in [2.75, 3.05) is 31.1 Å². The summed E-state index contributed by atoms with van der Waals surface area (Å²) >= 11 is 0. The summed E-state index contributed by atoms with van der Waals surface area (Å²) in [5.74, 6) is -1.51. The van der Waals surface area contributed by atoms with Crippen molar-refractivity contribution in [1.29, 1.82) is 0 Å². The third-order valence-corrected chi connectivity index (χ3v) is 9.61. The molecule has 0 radical (unpaired) electrons. The molecule has 2 aromatic rings. The molecule has 0 spiro atoms. The second-order valence-electron chi connectivity index (χ2n) is 9.22. The van der Waals surface area contributed by atoms with Crippen LogP contribution in [0.25, 0.3) is 10.9 Å². The van der Waals surface area contributed by atoms with E-state index in [4.69, 9.17) is 24.3 Å². The third-order valence-electron chi connectivity index (χ3n) is 6.27. The molecule has 0 aliphatic carbocycles. The van der Waals surface area contributed by atoms with Crippen LogP contribution in [0.2, 0.25) is 0 Å². The molecule has 1 aromatic carbocycles. The number of amides is 2. The lowest BCUT2D eigenvalue weighted by Crippen LogP contribution is -2.40. The van der Waals surface area contributed by atoms with E-state index in [-0.39, 0.29) is 19.1 Å². The minimum absolute atomic E-state index is 0.0842. The number of carbonyl (C=O) groups is 2. The number of hydrogen-bond acceptors (Lipinski definition) is 7. The van der Waals surface area contributed by atoms with Crippen LogP contribution in [-0.2, 0) is 18.7 Å². The Morgan fingerprint density at radius 2 is 1.73 bits per heavy atom. The van der Waals surface area contributed by atoms with Crippen LogP contribution in [0.3, 0.4) is 0 Å². The Hall–Kier alpha value is -2.44. The van der Waals surface area contributed by atoms with Gasteiger partial charge in [0.2, 0.25) is 11.4 Å². The second kappa shape index (κ2) is 15.0. The van der Waals surface area contributed by atoms with Gasteiger partial charge in [-0.25, -0.2) is 9.18 Å². The van der Waals surface area contributed by atoms with E-state index in [2.05, 4.69) is 23.7 Å². The molecule has 2 amide bonds. The predicted molar refractivity (Wildman–Crippen MR) is 147 cm³/mol. The van der Waals surface area contributed by atoms with Crippen molar-refractivity contribution < 1.29 is 47.4 Å². The highest BCUT2D eigenvalue weighted by molar-refractivity contribution is 7.70. The maximum atomic E-state index is 13.8. The maximum absolute atomic E-state index is 13.8. The third kappa shape index (κ3) is 9.88. The minimum Gasteiger partial charge on any atom is -0.449 e. The Balaban J connectivity index is 2.13. The lowest BCUT2D eigenvalue weighted by Gasteiger charge is -2.30. The first-order valence-corrected chi connectivity index (χ1v) is 16.2. The summed E-state index contributed by atoms with van der Waals surface area (Å²) in [7, 11) is -10.7. The molecule has 1 atom stereocenters. The van der Waals surface area contributed by atoms with Crippen LogP contribution in [0.15, 0.2) is 30.5 Å². The highest BCUT2D eigenvalue weighted by Crippen LogP contribution is 2.58. The summed E-state index contributed by atoms with van der Waals surface area (Å²) in [6.07, 6.45) is 1.66. The summed E-state index contributed by atoms with van der Waals surface area (Å²) < 4.78 is 41.9. The van der Waals surface area contributed by atoms with E-state index < -0.39 is 45.0 Å².